The Morgan fingerprint density at radius 3 is 2.43 bits per heavy atom. The van der Waals surface area contributed by atoms with Crippen LogP contribution in [0.4, 0.5) is 4.39 Å². The van der Waals surface area contributed by atoms with Crippen molar-refractivity contribution >= 4 is 11.8 Å². The summed E-state index contributed by atoms with van der Waals surface area (Å²) in [4.78, 5) is 26.5. The van der Waals surface area contributed by atoms with E-state index in [1.807, 2.05) is 18.2 Å². The maximum atomic E-state index is 13.8. The number of piperidine rings is 1. The fraction of sp³-hybridized carbons (Fsp3) is 0.391. The van der Waals surface area contributed by atoms with Gasteiger partial charge >= 0.3 is 0 Å². The Balaban J connectivity index is 1.45. The third-order valence-electron chi connectivity index (χ3n) is 5.34. The number of carbonyl (C=O) groups is 2. The molecule has 1 aliphatic heterocycles. The number of nitrogens with one attached hydrogen (secondary N) is 1. The van der Waals surface area contributed by atoms with Crippen LogP contribution in [0.5, 0.6) is 11.5 Å². The predicted molar refractivity (Wildman–Crippen MR) is 111 cm³/mol. The van der Waals surface area contributed by atoms with Crippen LogP contribution in [0, 0.1) is 5.82 Å². The molecule has 0 saturated carbocycles. The van der Waals surface area contributed by atoms with Crippen molar-refractivity contribution in [3.05, 3.63) is 59.4 Å². The van der Waals surface area contributed by atoms with Gasteiger partial charge in [0.25, 0.3) is 5.91 Å². The monoisotopic (exact) mass is 414 g/mol. The van der Waals surface area contributed by atoms with Gasteiger partial charge in [0.05, 0.1) is 19.8 Å². The number of hydrogen-bond donors (Lipinski definition) is 1. The summed E-state index contributed by atoms with van der Waals surface area (Å²) in [5.74, 6) is 0.466. The van der Waals surface area contributed by atoms with Crippen LogP contribution in [0.2, 0.25) is 0 Å². The van der Waals surface area contributed by atoms with Gasteiger partial charge in [-0.15, -0.1) is 0 Å². The van der Waals surface area contributed by atoms with Crippen molar-refractivity contribution in [3.8, 4) is 11.5 Å². The Kier molecular flexibility index (Phi) is 7.27. The zero-order valence-corrected chi connectivity index (χ0v) is 17.3. The molecule has 0 aromatic heterocycles. The topological polar surface area (TPSA) is 67.9 Å². The normalized spacial score (nSPS) is 14.3. The standard InChI is InChI=1S/C23H27FN2O4/c1-29-20-9-7-16(15-21(20)30-2)8-10-22(27)25-17-11-13-26(14-12-17)23(28)18-5-3-4-6-19(18)24/h3-7,9,15,17H,8,10-14H2,1-2H3,(H,25,27). The average Bonchev–Trinajstić information content (AvgIpc) is 2.78. The highest BCUT2D eigenvalue weighted by molar-refractivity contribution is 5.94. The fourth-order valence-corrected chi connectivity index (χ4v) is 3.63. The quantitative estimate of drug-likeness (QED) is 0.756. The number of carbonyl (C=O) groups excluding carboxylic acids is 2. The smallest absolute Gasteiger partial charge is 0.256 e. The molecule has 1 heterocycles. The summed E-state index contributed by atoms with van der Waals surface area (Å²) in [6.45, 7) is 0.988. The van der Waals surface area contributed by atoms with Crippen LogP contribution in [-0.4, -0.2) is 50.1 Å². The lowest BCUT2D eigenvalue weighted by Crippen LogP contribution is -2.46. The molecule has 2 aromatic rings. The van der Waals surface area contributed by atoms with Gasteiger partial charge in [0.1, 0.15) is 5.82 Å². The molecule has 0 unspecified atom stereocenters. The van der Waals surface area contributed by atoms with Crippen molar-refractivity contribution in [2.24, 2.45) is 0 Å². The summed E-state index contributed by atoms with van der Waals surface area (Å²) in [6, 6.07) is 11.7. The molecule has 7 heteroatoms. The van der Waals surface area contributed by atoms with Gasteiger partial charge in [-0.2, -0.15) is 0 Å². The molecule has 0 spiro atoms. The number of hydrogen-bond acceptors (Lipinski definition) is 4. The first kappa shape index (κ1) is 21.6. The van der Waals surface area contributed by atoms with Crippen LogP contribution in [0.25, 0.3) is 0 Å². The molecule has 30 heavy (non-hydrogen) atoms. The van der Waals surface area contributed by atoms with E-state index in [2.05, 4.69) is 5.32 Å². The van der Waals surface area contributed by atoms with Crippen molar-refractivity contribution in [1.82, 2.24) is 10.2 Å². The number of methoxy groups -OCH3 is 2. The maximum Gasteiger partial charge on any atom is 0.256 e. The molecule has 0 bridgehead atoms. The number of likely N-dealkylation sites (tertiary alicyclic amines) is 1. The molecule has 6 nitrogen and oxygen atoms in total. The second kappa shape index (κ2) is 10.1. The molecular formula is C23H27FN2O4. The van der Waals surface area contributed by atoms with Crippen LogP contribution in [0.1, 0.15) is 35.2 Å². The van der Waals surface area contributed by atoms with Crippen molar-refractivity contribution in [3.63, 3.8) is 0 Å². The number of benzene rings is 2. The molecule has 2 aromatic carbocycles. The zero-order valence-electron chi connectivity index (χ0n) is 17.3. The van der Waals surface area contributed by atoms with Gasteiger partial charge < -0.3 is 19.7 Å². The molecule has 2 amide bonds. The summed E-state index contributed by atoms with van der Waals surface area (Å²) in [5, 5.41) is 3.04. The third-order valence-corrected chi connectivity index (χ3v) is 5.34. The molecule has 0 atom stereocenters. The first-order chi connectivity index (χ1) is 14.5. The lowest BCUT2D eigenvalue weighted by atomic mass is 10.0. The summed E-state index contributed by atoms with van der Waals surface area (Å²) >= 11 is 0. The number of rotatable bonds is 7. The number of ether oxygens (including phenoxy) is 2. The van der Waals surface area contributed by atoms with E-state index in [1.54, 1.807) is 31.3 Å². The molecule has 1 aliphatic rings. The van der Waals surface area contributed by atoms with Gasteiger partial charge in [0.15, 0.2) is 11.5 Å². The van der Waals surface area contributed by atoms with Crippen LogP contribution < -0.4 is 14.8 Å². The summed E-state index contributed by atoms with van der Waals surface area (Å²) < 4.78 is 24.4. The maximum absolute atomic E-state index is 13.8. The van der Waals surface area contributed by atoms with E-state index in [9.17, 15) is 14.0 Å². The van der Waals surface area contributed by atoms with E-state index >= 15 is 0 Å². The minimum absolute atomic E-state index is 0.0209. The number of nitrogens with zero attached hydrogens (tertiary/aromatic N) is 1. The largest absolute Gasteiger partial charge is 0.493 e. The zero-order chi connectivity index (χ0) is 21.5. The number of aryl methyl sites for hydroxylation is 1. The summed E-state index contributed by atoms with van der Waals surface area (Å²) in [7, 11) is 3.16. The van der Waals surface area contributed by atoms with Gasteiger partial charge in [0.2, 0.25) is 5.91 Å². The van der Waals surface area contributed by atoms with Gasteiger partial charge in [0, 0.05) is 25.6 Å². The molecule has 1 fully saturated rings. The van der Waals surface area contributed by atoms with E-state index in [0.717, 1.165) is 5.56 Å². The fourth-order valence-electron chi connectivity index (χ4n) is 3.63. The Labute approximate surface area is 176 Å². The van der Waals surface area contributed by atoms with Gasteiger partial charge in [-0.25, -0.2) is 4.39 Å². The Morgan fingerprint density at radius 1 is 1.07 bits per heavy atom. The Bertz CT molecular complexity index is 895. The lowest BCUT2D eigenvalue weighted by Gasteiger charge is -2.32. The Morgan fingerprint density at radius 2 is 1.77 bits per heavy atom. The molecule has 1 N–H and O–H groups in total. The van der Waals surface area contributed by atoms with Crippen molar-refractivity contribution in [1.29, 1.82) is 0 Å². The van der Waals surface area contributed by atoms with E-state index in [1.165, 1.54) is 12.1 Å². The van der Waals surface area contributed by atoms with E-state index < -0.39 is 5.82 Å². The van der Waals surface area contributed by atoms with Gasteiger partial charge in [-0.05, 0) is 49.1 Å². The lowest BCUT2D eigenvalue weighted by molar-refractivity contribution is -0.122. The van der Waals surface area contributed by atoms with E-state index in [-0.39, 0.29) is 23.4 Å². The molecule has 3 rings (SSSR count). The average molecular weight is 414 g/mol. The van der Waals surface area contributed by atoms with E-state index in [4.69, 9.17) is 9.47 Å². The van der Waals surface area contributed by atoms with Crippen molar-refractivity contribution in [2.75, 3.05) is 27.3 Å². The SMILES string of the molecule is COc1ccc(CCC(=O)NC2CCN(C(=O)c3ccccc3F)CC2)cc1OC. The van der Waals surface area contributed by atoms with Crippen molar-refractivity contribution in [2.45, 2.75) is 31.7 Å². The minimum Gasteiger partial charge on any atom is -0.493 e. The summed E-state index contributed by atoms with van der Waals surface area (Å²) in [5.41, 5.74) is 1.09. The second-order valence-electron chi connectivity index (χ2n) is 7.30. The van der Waals surface area contributed by atoms with Crippen LogP contribution in [0.3, 0.4) is 0 Å². The third kappa shape index (κ3) is 5.28. The minimum atomic E-state index is -0.506. The molecule has 0 radical (unpaired) electrons. The van der Waals surface area contributed by atoms with Crippen LogP contribution >= 0.6 is 0 Å². The number of halogens is 1. The van der Waals surface area contributed by atoms with Crippen LogP contribution in [0.15, 0.2) is 42.5 Å². The highest BCUT2D eigenvalue weighted by atomic mass is 19.1. The molecule has 160 valence electrons. The van der Waals surface area contributed by atoms with Gasteiger partial charge in [-0.1, -0.05) is 18.2 Å². The Hall–Kier alpha value is -3.09. The van der Waals surface area contributed by atoms with Gasteiger partial charge in [-0.3, -0.25) is 9.59 Å². The number of amides is 2. The molecular weight excluding hydrogens is 387 g/mol. The first-order valence-corrected chi connectivity index (χ1v) is 10.1. The first-order valence-electron chi connectivity index (χ1n) is 10.1. The second-order valence-corrected chi connectivity index (χ2v) is 7.30. The highest BCUT2D eigenvalue weighted by Gasteiger charge is 2.25. The molecule has 1 saturated heterocycles. The van der Waals surface area contributed by atoms with E-state index in [0.29, 0.717) is 50.3 Å². The predicted octanol–water partition coefficient (Wildman–Crippen LogP) is 3.20. The van der Waals surface area contributed by atoms with Crippen molar-refractivity contribution < 1.29 is 23.5 Å². The summed E-state index contributed by atoms with van der Waals surface area (Å²) in [6.07, 6.45) is 2.27. The van der Waals surface area contributed by atoms with Crippen LogP contribution in [-0.2, 0) is 11.2 Å². The molecule has 0 aliphatic carbocycles. The highest BCUT2D eigenvalue weighted by Crippen LogP contribution is 2.28.